The minimum absolute atomic E-state index is 0.202. The highest BCUT2D eigenvalue weighted by atomic mass is 16.5. The quantitative estimate of drug-likeness (QED) is 0.900. The number of carbonyl (C=O) groups is 1. The van der Waals surface area contributed by atoms with Gasteiger partial charge in [-0.2, -0.15) is 0 Å². The number of rotatable bonds is 2. The first-order valence-electron chi connectivity index (χ1n) is 7.35. The molecule has 1 aliphatic carbocycles. The van der Waals surface area contributed by atoms with Gasteiger partial charge in [0, 0.05) is 18.5 Å². The average Bonchev–Trinajstić information content (AvgIpc) is 2.91. The van der Waals surface area contributed by atoms with Crippen molar-refractivity contribution < 1.29 is 9.53 Å². The summed E-state index contributed by atoms with van der Waals surface area (Å²) in [5.41, 5.74) is 2.97. The van der Waals surface area contributed by atoms with Crippen LogP contribution in [0.4, 0.5) is 4.79 Å². The largest absolute Gasteiger partial charge is 0.412 e. The Morgan fingerprint density at radius 3 is 3.05 bits per heavy atom. The van der Waals surface area contributed by atoms with Crippen LogP contribution >= 0.6 is 0 Å². The summed E-state index contributed by atoms with van der Waals surface area (Å²) in [6.07, 6.45) is 1.88. The third-order valence-corrected chi connectivity index (χ3v) is 5.03. The van der Waals surface area contributed by atoms with Gasteiger partial charge in [0.2, 0.25) is 0 Å². The Bertz CT molecular complexity index is 543. The van der Waals surface area contributed by atoms with Gasteiger partial charge in [0.25, 0.3) is 0 Å². The molecule has 1 amide bonds. The second-order valence-corrected chi connectivity index (χ2v) is 5.97. The highest BCUT2D eigenvalue weighted by molar-refractivity contribution is 5.70. The zero-order chi connectivity index (χ0) is 14.3. The van der Waals surface area contributed by atoms with Crippen LogP contribution in [0.25, 0.3) is 0 Å². The molecule has 108 valence electrons. The fourth-order valence-electron chi connectivity index (χ4n) is 3.84. The molecule has 2 atom stereocenters. The van der Waals surface area contributed by atoms with E-state index in [1.165, 1.54) is 17.5 Å². The van der Waals surface area contributed by atoms with E-state index in [0.717, 1.165) is 19.5 Å². The molecule has 20 heavy (non-hydrogen) atoms. The summed E-state index contributed by atoms with van der Waals surface area (Å²) in [5, 5.41) is 2.48. The van der Waals surface area contributed by atoms with Crippen molar-refractivity contribution in [2.24, 2.45) is 0 Å². The number of hydrogen-bond acceptors (Lipinski definition) is 3. The lowest BCUT2D eigenvalue weighted by Crippen LogP contribution is -2.37. The molecule has 1 saturated heterocycles. The monoisotopic (exact) mass is 274 g/mol. The van der Waals surface area contributed by atoms with Gasteiger partial charge in [0.05, 0.1) is 0 Å². The average molecular weight is 274 g/mol. The van der Waals surface area contributed by atoms with Crippen molar-refractivity contribution in [3.63, 3.8) is 0 Å². The van der Waals surface area contributed by atoms with Crippen molar-refractivity contribution >= 4 is 6.09 Å². The molecule has 1 N–H and O–H groups in total. The van der Waals surface area contributed by atoms with E-state index in [-0.39, 0.29) is 5.41 Å². The first-order chi connectivity index (χ1) is 9.58. The van der Waals surface area contributed by atoms with Crippen molar-refractivity contribution in [2.75, 3.05) is 20.1 Å². The number of hydrogen-bond donors (Lipinski definition) is 1. The molecular weight excluding hydrogens is 252 g/mol. The Morgan fingerprint density at radius 2 is 2.35 bits per heavy atom. The first-order valence-corrected chi connectivity index (χ1v) is 7.35. The first kappa shape index (κ1) is 13.4. The second kappa shape index (κ2) is 4.77. The third-order valence-electron chi connectivity index (χ3n) is 5.03. The van der Waals surface area contributed by atoms with Crippen LogP contribution in [0.1, 0.15) is 31.4 Å². The molecule has 3 rings (SSSR count). The Balaban J connectivity index is 1.92. The number of benzene rings is 1. The molecule has 2 aliphatic rings. The van der Waals surface area contributed by atoms with E-state index in [9.17, 15) is 4.79 Å². The summed E-state index contributed by atoms with van der Waals surface area (Å²) in [7, 11) is 1.57. The maximum Gasteiger partial charge on any atom is 0.412 e. The molecule has 1 aliphatic heterocycles. The van der Waals surface area contributed by atoms with Gasteiger partial charge in [-0.05, 0) is 49.2 Å². The molecule has 1 fully saturated rings. The Morgan fingerprint density at radius 1 is 1.55 bits per heavy atom. The molecule has 0 saturated carbocycles. The molecule has 4 heteroatoms. The molecule has 0 bridgehead atoms. The maximum atomic E-state index is 11.3. The molecule has 1 aromatic carbocycles. The topological polar surface area (TPSA) is 41.6 Å². The maximum absolute atomic E-state index is 11.3. The lowest BCUT2D eigenvalue weighted by atomic mass is 9.80. The summed E-state index contributed by atoms with van der Waals surface area (Å²) in [6, 6.07) is 6.67. The number of amides is 1. The molecule has 1 heterocycles. The normalized spacial score (nSPS) is 28.1. The van der Waals surface area contributed by atoms with Crippen molar-refractivity contribution in [2.45, 2.75) is 38.1 Å². The number of fused-ring (bicyclic) bond motifs is 3. The molecule has 0 radical (unpaired) electrons. The van der Waals surface area contributed by atoms with E-state index in [2.05, 4.69) is 36.2 Å². The van der Waals surface area contributed by atoms with Crippen molar-refractivity contribution in [1.29, 1.82) is 0 Å². The van der Waals surface area contributed by atoms with Crippen LogP contribution in [-0.2, 0) is 11.8 Å². The lowest BCUT2D eigenvalue weighted by molar-refractivity contribution is 0.203. The Hall–Kier alpha value is -1.55. The van der Waals surface area contributed by atoms with Crippen LogP contribution in [0.5, 0.6) is 5.75 Å². The van der Waals surface area contributed by atoms with E-state index in [0.29, 0.717) is 11.8 Å². The SMILES string of the molecule is CCN1CC[C@@]2(C)c3cc(OC(=O)NC)ccc3C[C@@H]12. The van der Waals surface area contributed by atoms with Crippen LogP contribution < -0.4 is 10.1 Å². The second-order valence-electron chi connectivity index (χ2n) is 5.97. The van der Waals surface area contributed by atoms with Gasteiger partial charge in [-0.1, -0.05) is 19.9 Å². The van der Waals surface area contributed by atoms with Crippen molar-refractivity contribution in [3.8, 4) is 5.75 Å². The Labute approximate surface area is 120 Å². The van der Waals surface area contributed by atoms with Crippen molar-refractivity contribution in [1.82, 2.24) is 10.2 Å². The number of likely N-dealkylation sites (tertiary alicyclic amines) is 1. The molecular formula is C16H22N2O2. The summed E-state index contributed by atoms with van der Waals surface area (Å²) >= 11 is 0. The molecule has 0 spiro atoms. The number of likely N-dealkylation sites (N-methyl/N-ethyl adjacent to an activating group) is 1. The van der Waals surface area contributed by atoms with E-state index in [1.54, 1.807) is 7.05 Å². The predicted molar refractivity (Wildman–Crippen MR) is 78.2 cm³/mol. The zero-order valence-corrected chi connectivity index (χ0v) is 12.4. The lowest BCUT2D eigenvalue weighted by Gasteiger charge is -2.29. The van der Waals surface area contributed by atoms with Gasteiger partial charge >= 0.3 is 6.09 Å². The highest BCUT2D eigenvalue weighted by Crippen LogP contribution is 2.48. The summed E-state index contributed by atoms with van der Waals surface area (Å²) < 4.78 is 5.27. The number of ether oxygens (including phenoxy) is 1. The summed E-state index contributed by atoms with van der Waals surface area (Å²) in [5.74, 6) is 0.639. The zero-order valence-electron chi connectivity index (χ0n) is 12.4. The van der Waals surface area contributed by atoms with Gasteiger partial charge in [-0.3, -0.25) is 4.90 Å². The third kappa shape index (κ3) is 1.90. The standard InChI is InChI=1S/C16H22N2O2/c1-4-18-8-7-16(2)13-10-12(20-15(19)17-3)6-5-11(13)9-14(16)18/h5-6,10,14H,4,7-9H2,1-3H3,(H,17,19)/t14-,16+/m1/s1. The molecule has 1 aromatic rings. The van der Waals surface area contributed by atoms with E-state index >= 15 is 0 Å². The van der Waals surface area contributed by atoms with Crippen LogP contribution in [0.2, 0.25) is 0 Å². The van der Waals surface area contributed by atoms with Crippen LogP contribution in [0.15, 0.2) is 18.2 Å². The summed E-state index contributed by atoms with van der Waals surface area (Å²) in [6.45, 7) is 6.85. The number of nitrogens with one attached hydrogen (secondary N) is 1. The van der Waals surface area contributed by atoms with Gasteiger partial charge < -0.3 is 10.1 Å². The molecule has 0 unspecified atom stereocenters. The van der Waals surface area contributed by atoms with Gasteiger partial charge in [-0.25, -0.2) is 4.79 Å². The molecule has 4 nitrogen and oxygen atoms in total. The predicted octanol–water partition coefficient (Wildman–Crippen LogP) is 2.31. The van der Waals surface area contributed by atoms with Crippen LogP contribution in [0, 0.1) is 0 Å². The highest BCUT2D eigenvalue weighted by Gasteiger charge is 2.49. The van der Waals surface area contributed by atoms with Gasteiger partial charge in [0.1, 0.15) is 5.75 Å². The van der Waals surface area contributed by atoms with E-state index in [1.807, 2.05) is 6.07 Å². The van der Waals surface area contributed by atoms with Crippen LogP contribution in [0.3, 0.4) is 0 Å². The van der Waals surface area contributed by atoms with Gasteiger partial charge in [-0.15, -0.1) is 0 Å². The minimum Gasteiger partial charge on any atom is -0.410 e. The summed E-state index contributed by atoms with van der Waals surface area (Å²) in [4.78, 5) is 13.9. The van der Waals surface area contributed by atoms with Crippen LogP contribution in [-0.4, -0.2) is 37.2 Å². The minimum atomic E-state index is -0.411. The Kier molecular flexibility index (Phi) is 3.21. The molecule has 0 aromatic heterocycles. The van der Waals surface area contributed by atoms with E-state index < -0.39 is 6.09 Å². The fraction of sp³-hybridized carbons (Fsp3) is 0.562. The fourth-order valence-corrected chi connectivity index (χ4v) is 3.84. The number of nitrogens with zero attached hydrogens (tertiary/aromatic N) is 1. The van der Waals surface area contributed by atoms with Crippen molar-refractivity contribution in [3.05, 3.63) is 29.3 Å². The van der Waals surface area contributed by atoms with E-state index in [4.69, 9.17) is 4.74 Å². The van der Waals surface area contributed by atoms with Gasteiger partial charge in [0.15, 0.2) is 0 Å². The number of carbonyl (C=O) groups excluding carboxylic acids is 1. The smallest absolute Gasteiger partial charge is 0.410 e.